The van der Waals surface area contributed by atoms with E-state index in [0.717, 1.165) is 34.0 Å². The summed E-state index contributed by atoms with van der Waals surface area (Å²) in [4.78, 5) is 16.4. The van der Waals surface area contributed by atoms with Crippen molar-refractivity contribution in [2.24, 2.45) is 0 Å². The quantitative estimate of drug-likeness (QED) is 0.258. The Labute approximate surface area is 209 Å². The van der Waals surface area contributed by atoms with E-state index >= 15 is 0 Å². The number of para-hydroxylation sites is 1. The Kier molecular flexibility index (Phi) is 7.64. The number of aromatic amines is 1. The van der Waals surface area contributed by atoms with Crippen molar-refractivity contribution >= 4 is 51.6 Å². The van der Waals surface area contributed by atoms with Crippen LogP contribution < -0.4 is 5.32 Å². The maximum Gasteiger partial charge on any atom is 0.220 e. The lowest BCUT2D eigenvalue weighted by atomic mass is 9.87. The SMILES string of the molecule is CCc1cccc2c(C(CC(=O)NCCc3ccc(Cl)cc3Cl)c3ccccc3Cl)c[nH]c12. The van der Waals surface area contributed by atoms with Gasteiger partial charge in [0, 0.05) is 51.1 Å². The first-order valence-corrected chi connectivity index (χ1v) is 12.1. The summed E-state index contributed by atoms with van der Waals surface area (Å²) in [6.45, 7) is 2.63. The number of aryl methyl sites for hydroxylation is 1. The first-order chi connectivity index (χ1) is 16.0. The summed E-state index contributed by atoms with van der Waals surface area (Å²) >= 11 is 18.8. The molecule has 0 spiro atoms. The van der Waals surface area contributed by atoms with Gasteiger partial charge < -0.3 is 10.3 Å². The molecule has 0 aliphatic heterocycles. The van der Waals surface area contributed by atoms with E-state index in [1.54, 1.807) is 12.1 Å². The van der Waals surface area contributed by atoms with Crippen molar-refractivity contribution in [3.8, 4) is 0 Å². The molecule has 1 amide bonds. The molecule has 1 aromatic heterocycles. The van der Waals surface area contributed by atoms with Gasteiger partial charge in [-0.2, -0.15) is 0 Å². The number of aromatic nitrogens is 1. The van der Waals surface area contributed by atoms with Gasteiger partial charge in [-0.25, -0.2) is 0 Å². The molecule has 0 bridgehead atoms. The molecule has 2 N–H and O–H groups in total. The van der Waals surface area contributed by atoms with Crippen LogP contribution in [0.5, 0.6) is 0 Å². The molecule has 1 heterocycles. The van der Waals surface area contributed by atoms with Crippen LogP contribution in [0.3, 0.4) is 0 Å². The van der Waals surface area contributed by atoms with Crippen LogP contribution in [-0.4, -0.2) is 17.4 Å². The lowest BCUT2D eigenvalue weighted by Crippen LogP contribution is -2.27. The second-order valence-corrected chi connectivity index (χ2v) is 9.30. The first kappa shape index (κ1) is 23.7. The zero-order valence-electron chi connectivity index (χ0n) is 18.3. The molecule has 0 fully saturated rings. The van der Waals surface area contributed by atoms with E-state index in [9.17, 15) is 4.79 Å². The first-order valence-electron chi connectivity index (χ1n) is 11.0. The van der Waals surface area contributed by atoms with Crippen LogP contribution in [0.15, 0.2) is 66.9 Å². The third-order valence-electron chi connectivity index (χ3n) is 5.99. The predicted octanol–water partition coefficient (Wildman–Crippen LogP) is 7.57. The van der Waals surface area contributed by atoms with Crippen molar-refractivity contribution in [3.63, 3.8) is 0 Å². The Morgan fingerprint density at radius 2 is 1.76 bits per heavy atom. The highest BCUT2D eigenvalue weighted by atomic mass is 35.5. The Bertz CT molecular complexity index is 1280. The average Bonchev–Trinajstić information content (AvgIpc) is 3.23. The summed E-state index contributed by atoms with van der Waals surface area (Å²) in [6.07, 6.45) is 3.87. The van der Waals surface area contributed by atoms with Gasteiger partial charge in [0.1, 0.15) is 0 Å². The molecule has 3 nitrogen and oxygen atoms in total. The fraction of sp³-hybridized carbons (Fsp3) is 0.222. The smallest absolute Gasteiger partial charge is 0.220 e. The van der Waals surface area contributed by atoms with Crippen molar-refractivity contribution in [2.45, 2.75) is 32.1 Å². The van der Waals surface area contributed by atoms with Crippen molar-refractivity contribution < 1.29 is 4.79 Å². The number of amides is 1. The van der Waals surface area contributed by atoms with E-state index in [2.05, 4.69) is 35.4 Å². The van der Waals surface area contributed by atoms with Crippen LogP contribution in [0, 0.1) is 0 Å². The fourth-order valence-corrected chi connectivity index (χ4v) is 5.06. The van der Waals surface area contributed by atoms with Gasteiger partial charge >= 0.3 is 0 Å². The number of fused-ring (bicyclic) bond motifs is 1. The summed E-state index contributed by atoms with van der Waals surface area (Å²) in [5.74, 6) is -0.204. The van der Waals surface area contributed by atoms with Gasteiger partial charge in [-0.05, 0) is 53.3 Å². The zero-order chi connectivity index (χ0) is 23.4. The van der Waals surface area contributed by atoms with Crippen LogP contribution in [-0.2, 0) is 17.6 Å². The Morgan fingerprint density at radius 1 is 0.939 bits per heavy atom. The third-order valence-corrected chi connectivity index (χ3v) is 6.92. The molecular weight excluding hydrogens is 475 g/mol. The maximum atomic E-state index is 13.0. The van der Waals surface area contributed by atoms with E-state index in [-0.39, 0.29) is 11.8 Å². The molecule has 6 heteroatoms. The number of carbonyl (C=O) groups is 1. The summed E-state index contributed by atoms with van der Waals surface area (Å²) in [5, 5.41) is 6.03. The lowest BCUT2D eigenvalue weighted by molar-refractivity contribution is -0.121. The lowest BCUT2D eigenvalue weighted by Gasteiger charge is -2.19. The number of halogens is 3. The molecule has 0 saturated carbocycles. The topological polar surface area (TPSA) is 44.9 Å². The van der Waals surface area contributed by atoms with Crippen LogP contribution in [0.4, 0.5) is 0 Å². The van der Waals surface area contributed by atoms with E-state index in [4.69, 9.17) is 34.8 Å². The maximum absolute atomic E-state index is 13.0. The summed E-state index contributed by atoms with van der Waals surface area (Å²) in [7, 11) is 0. The zero-order valence-corrected chi connectivity index (χ0v) is 20.6. The van der Waals surface area contributed by atoms with Crippen molar-refractivity contribution in [2.75, 3.05) is 6.54 Å². The Morgan fingerprint density at radius 3 is 2.52 bits per heavy atom. The minimum Gasteiger partial charge on any atom is -0.361 e. The van der Waals surface area contributed by atoms with Crippen LogP contribution >= 0.6 is 34.8 Å². The molecule has 0 saturated heterocycles. The number of benzene rings is 3. The minimum absolute atomic E-state index is 0.0361. The van der Waals surface area contributed by atoms with Gasteiger partial charge in [-0.15, -0.1) is 0 Å². The molecular formula is C27H25Cl3N2O. The van der Waals surface area contributed by atoms with E-state index in [1.165, 1.54) is 5.56 Å². The second-order valence-electron chi connectivity index (χ2n) is 8.05. The minimum atomic E-state index is -0.168. The van der Waals surface area contributed by atoms with E-state index < -0.39 is 0 Å². The van der Waals surface area contributed by atoms with Crippen molar-refractivity contribution in [1.29, 1.82) is 0 Å². The molecule has 4 aromatic rings. The third kappa shape index (κ3) is 5.38. The second kappa shape index (κ2) is 10.6. The number of nitrogens with one attached hydrogen (secondary N) is 2. The molecule has 1 atom stereocenters. The Hall–Kier alpha value is -2.46. The van der Waals surface area contributed by atoms with Crippen molar-refractivity contribution in [3.05, 3.63) is 104 Å². The van der Waals surface area contributed by atoms with Gasteiger partial charge in [0.05, 0.1) is 0 Å². The largest absolute Gasteiger partial charge is 0.361 e. The molecule has 0 aliphatic carbocycles. The molecule has 1 unspecified atom stereocenters. The number of rotatable bonds is 8. The number of hydrogen-bond acceptors (Lipinski definition) is 1. The molecule has 33 heavy (non-hydrogen) atoms. The molecule has 4 rings (SSSR count). The number of H-pyrrole nitrogens is 1. The highest BCUT2D eigenvalue weighted by Gasteiger charge is 2.23. The normalized spacial score (nSPS) is 12.1. The molecule has 0 radical (unpaired) electrons. The molecule has 170 valence electrons. The summed E-state index contributed by atoms with van der Waals surface area (Å²) in [6, 6.07) is 19.4. The highest BCUT2D eigenvalue weighted by molar-refractivity contribution is 6.35. The van der Waals surface area contributed by atoms with Gasteiger partial charge in [0.25, 0.3) is 0 Å². The van der Waals surface area contributed by atoms with E-state index in [1.807, 2.05) is 36.5 Å². The van der Waals surface area contributed by atoms with Crippen LogP contribution in [0.2, 0.25) is 15.1 Å². The standard InChI is InChI=1S/C27H25Cl3N2O/c1-2-17-6-5-8-21-23(16-32-27(17)21)22(20-7-3-4-9-24(20)29)15-26(33)31-13-12-18-10-11-19(28)14-25(18)30/h3-11,14,16,22,32H,2,12-13,15H2,1H3,(H,31,33). The number of carbonyl (C=O) groups excluding carboxylic acids is 1. The predicted molar refractivity (Wildman–Crippen MR) is 139 cm³/mol. The van der Waals surface area contributed by atoms with Crippen molar-refractivity contribution in [1.82, 2.24) is 10.3 Å². The summed E-state index contributed by atoms with van der Waals surface area (Å²) in [5.41, 5.74) is 5.33. The average molecular weight is 500 g/mol. The highest BCUT2D eigenvalue weighted by Crippen LogP contribution is 2.37. The van der Waals surface area contributed by atoms with Gasteiger partial charge in [0.2, 0.25) is 5.91 Å². The van der Waals surface area contributed by atoms with Crippen LogP contribution in [0.25, 0.3) is 10.9 Å². The Balaban J connectivity index is 1.56. The van der Waals surface area contributed by atoms with Gasteiger partial charge in [-0.1, -0.05) is 84.2 Å². The van der Waals surface area contributed by atoms with Crippen LogP contribution in [0.1, 0.15) is 41.5 Å². The summed E-state index contributed by atoms with van der Waals surface area (Å²) < 4.78 is 0. The number of hydrogen-bond donors (Lipinski definition) is 2. The van der Waals surface area contributed by atoms with Gasteiger partial charge in [-0.3, -0.25) is 4.79 Å². The molecule has 3 aromatic carbocycles. The monoisotopic (exact) mass is 498 g/mol. The van der Waals surface area contributed by atoms with E-state index in [0.29, 0.717) is 34.5 Å². The van der Waals surface area contributed by atoms with Gasteiger partial charge in [0.15, 0.2) is 0 Å². The fourth-order valence-electron chi connectivity index (χ4n) is 4.29. The molecule has 0 aliphatic rings.